The Morgan fingerprint density at radius 1 is 1.39 bits per heavy atom. The molecule has 0 saturated heterocycles. The number of aromatic nitrogens is 3. The molecule has 94 valence electrons. The number of rotatable bonds is 5. The molecule has 2 rings (SSSR count). The lowest BCUT2D eigenvalue weighted by Crippen LogP contribution is -2.08. The van der Waals surface area contributed by atoms with Gasteiger partial charge in [0.25, 0.3) is 0 Å². The van der Waals surface area contributed by atoms with Crippen molar-refractivity contribution in [3.05, 3.63) is 24.1 Å². The SMILES string of the molecule is O=C(O)CCn1nnc(C(=O)O)c1-c1ccco1. The predicted octanol–water partition coefficient (Wildman–Crippen LogP) is 0.711. The maximum Gasteiger partial charge on any atom is 0.358 e. The van der Waals surface area contributed by atoms with Crippen LogP contribution in [-0.2, 0) is 11.3 Å². The second-order valence-electron chi connectivity index (χ2n) is 3.44. The summed E-state index contributed by atoms with van der Waals surface area (Å²) in [6.45, 7) is 0.0195. The van der Waals surface area contributed by atoms with Gasteiger partial charge in [-0.1, -0.05) is 5.21 Å². The highest BCUT2D eigenvalue weighted by Crippen LogP contribution is 2.22. The average molecular weight is 251 g/mol. The molecule has 0 aliphatic heterocycles. The van der Waals surface area contributed by atoms with Crippen LogP contribution in [-0.4, -0.2) is 37.1 Å². The van der Waals surface area contributed by atoms with Crippen molar-refractivity contribution in [2.24, 2.45) is 0 Å². The van der Waals surface area contributed by atoms with Crippen molar-refractivity contribution in [1.29, 1.82) is 0 Å². The van der Waals surface area contributed by atoms with Gasteiger partial charge in [-0.25, -0.2) is 9.48 Å². The molecule has 0 saturated carbocycles. The van der Waals surface area contributed by atoms with Gasteiger partial charge in [0.1, 0.15) is 5.69 Å². The van der Waals surface area contributed by atoms with Gasteiger partial charge >= 0.3 is 11.9 Å². The van der Waals surface area contributed by atoms with Crippen molar-refractivity contribution < 1.29 is 24.2 Å². The van der Waals surface area contributed by atoms with Crippen LogP contribution in [0, 0.1) is 0 Å². The Morgan fingerprint density at radius 2 is 2.17 bits per heavy atom. The Kier molecular flexibility index (Phi) is 3.09. The molecule has 2 aromatic heterocycles. The number of carboxylic acids is 2. The molecule has 0 bridgehead atoms. The van der Waals surface area contributed by atoms with E-state index in [-0.39, 0.29) is 30.1 Å². The van der Waals surface area contributed by atoms with Crippen LogP contribution in [0.5, 0.6) is 0 Å². The second kappa shape index (κ2) is 4.70. The van der Waals surface area contributed by atoms with Gasteiger partial charge in [-0.3, -0.25) is 4.79 Å². The van der Waals surface area contributed by atoms with Crippen molar-refractivity contribution in [2.45, 2.75) is 13.0 Å². The molecule has 18 heavy (non-hydrogen) atoms. The van der Waals surface area contributed by atoms with Gasteiger partial charge < -0.3 is 14.6 Å². The molecule has 0 radical (unpaired) electrons. The first-order valence-electron chi connectivity index (χ1n) is 5.02. The van der Waals surface area contributed by atoms with Crippen molar-refractivity contribution in [3.63, 3.8) is 0 Å². The quantitative estimate of drug-likeness (QED) is 0.803. The number of hydrogen-bond donors (Lipinski definition) is 2. The van der Waals surface area contributed by atoms with Gasteiger partial charge in [0.15, 0.2) is 5.76 Å². The van der Waals surface area contributed by atoms with Crippen molar-refractivity contribution in [3.8, 4) is 11.5 Å². The van der Waals surface area contributed by atoms with Crippen LogP contribution in [0.15, 0.2) is 22.8 Å². The van der Waals surface area contributed by atoms with Crippen LogP contribution in [0.1, 0.15) is 16.9 Å². The van der Waals surface area contributed by atoms with Crippen molar-refractivity contribution >= 4 is 11.9 Å². The average Bonchev–Trinajstić information content (AvgIpc) is 2.94. The van der Waals surface area contributed by atoms with E-state index in [0.29, 0.717) is 0 Å². The number of carbonyl (C=O) groups is 2. The van der Waals surface area contributed by atoms with E-state index in [1.165, 1.54) is 10.9 Å². The van der Waals surface area contributed by atoms with E-state index < -0.39 is 11.9 Å². The van der Waals surface area contributed by atoms with Gasteiger partial charge in [-0.05, 0) is 12.1 Å². The maximum atomic E-state index is 11.0. The lowest BCUT2D eigenvalue weighted by Gasteiger charge is -2.02. The van der Waals surface area contributed by atoms with E-state index in [1.807, 2.05) is 0 Å². The molecule has 0 aliphatic carbocycles. The third-order valence-corrected chi connectivity index (χ3v) is 2.23. The third kappa shape index (κ3) is 2.21. The molecule has 0 spiro atoms. The minimum atomic E-state index is -1.25. The minimum absolute atomic E-state index is 0.0195. The number of furan rings is 1. The first-order chi connectivity index (χ1) is 8.59. The van der Waals surface area contributed by atoms with Gasteiger partial charge in [0, 0.05) is 0 Å². The lowest BCUT2D eigenvalue weighted by atomic mass is 10.2. The summed E-state index contributed by atoms with van der Waals surface area (Å²) >= 11 is 0. The number of aryl methyl sites for hydroxylation is 1. The Balaban J connectivity index is 2.41. The molecule has 2 aromatic rings. The van der Waals surface area contributed by atoms with Crippen LogP contribution < -0.4 is 0 Å². The van der Waals surface area contributed by atoms with Crippen LogP contribution in [0.2, 0.25) is 0 Å². The summed E-state index contributed by atoms with van der Waals surface area (Å²) < 4.78 is 6.31. The van der Waals surface area contributed by atoms with Gasteiger partial charge in [0.05, 0.1) is 19.2 Å². The third-order valence-electron chi connectivity index (χ3n) is 2.23. The summed E-state index contributed by atoms with van der Waals surface area (Å²) in [7, 11) is 0. The molecule has 2 heterocycles. The van der Waals surface area contributed by atoms with Crippen LogP contribution in [0.25, 0.3) is 11.5 Å². The molecule has 0 aromatic carbocycles. The Labute approximate surface area is 100 Å². The molecule has 2 N–H and O–H groups in total. The second-order valence-corrected chi connectivity index (χ2v) is 3.44. The standard InChI is InChI=1S/C10H9N3O5/c14-7(15)3-4-13-9(6-2-1-5-18-6)8(10(16)17)11-12-13/h1-2,5H,3-4H2,(H,14,15)(H,16,17). The Hall–Kier alpha value is -2.64. The van der Waals surface area contributed by atoms with E-state index >= 15 is 0 Å². The molecule has 8 heteroatoms. The molecule has 0 aliphatic rings. The Morgan fingerprint density at radius 3 is 2.72 bits per heavy atom. The molecular formula is C10H9N3O5. The van der Waals surface area contributed by atoms with Crippen molar-refractivity contribution in [2.75, 3.05) is 0 Å². The molecule has 0 amide bonds. The van der Waals surface area contributed by atoms with Gasteiger partial charge in [-0.2, -0.15) is 0 Å². The lowest BCUT2D eigenvalue weighted by molar-refractivity contribution is -0.137. The largest absolute Gasteiger partial charge is 0.481 e. The van der Waals surface area contributed by atoms with Crippen molar-refractivity contribution in [1.82, 2.24) is 15.0 Å². The maximum absolute atomic E-state index is 11.0. The van der Waals surface area contributed by atoms with E-state index in [9.17, 15) is 9.59 Å². The number of aliphatic carboxylic acids is 1. The fourth-order valence-corrected chi connectivity index (χ4v) is 1.47. The molecule has 8 nitrogen and oxygen atoms in total. The molecule has 0 atom stereocenters. The summed E-state index contributed by atoms with van der Waals surface area (Å²) in [6.07, 6.45) is 1.20. The highest BCUT2D eigenvalue weighted by Gasteiger charge is 2.22. The monoisotopic (exact) mass is 251 g/mol. The number of nitrogens with zero attached hydrogens (tertiary/aromatic N) is 3. The molecule has 0 fully saturated rings. The van der Waals surface area contributed by atoms with Gasteiger partial charge in [-0.15, -0.1) is 5.10 Å². The van der Waals surface area contributed by atoms with Gasteiger partial charge in [0.2, 0.25) is 5.69 Å². The van der Waals surface area contributed by atoms with E-state index in [4.69, 9.17) is 14.6 Å². The normalized spacial score (nSPS) is 10.4. The smallest absolute Gasteiger partial charge is 0.358 e. The Bertz CT molecular complexity index is 572. The first kappa shape index (κ1) is 11.8. The summed E-state index contributed by atoms with van der Waals surface area (Å²) in [6, 6.07) is 3.15. The topological polar surface area (TPSA) is 118 Å². The van der Waals surface area contributed by atoms with E-state index in [0.717, 1.165) is 0 Å². The van der Waals surface area contributed by atoms with Crippen LogP contribution in [0.3, 0.4) is 0 Å². The summed E-state index contributed by atoms with van der Waals surface area (Å²) in [5.41, 5.74) is -0.107. The summed E-state index contributed by atoms with van der Waals surface area (Å²) in [5, 5.41) is 24.7. The molecule has 0 unspecified atom stereocenters. The molecular weight excluding hydrogens is 242 g/mol. The zero-order valence-electron chi connectivity index (χ0n) is 9.11. The number of hydrogen-bond acceptors (Lipinski definition) is 5. The minimum Gasteiger partial charge on any atom is -0.481 e. The van der Waals surface area contributed by atoms with E-state index in [1.54, 1.807) is 12.1 Å². The fraction of sp³-hybridized carbons (Fsp3) is 0.200. The number of carboxylic acid groups (broad SMARTS) is 2. The zero-order chi connectivity index (χ0) is 13.1. The summed E-state index contributed by atoms with van der Waals surface area (Å²) in [4.78, 5) is 21.5. The fourth-order valence-electron chi connectivity index (χ4n) is 1.47. The number of aromatic carboxylic acids is 1. The zero-order valence-corrected chi connectivity index (χ0v) is 9.11. The highest BCUT2D eigenvalue weighted by atomic mass is 16.4. The first-order valence-corrected chi connectivity index (χ1v) is 5.02. The van der Waals surface area contributed by atoms with E-state index in [2.05, 4.69) is 10.3 Å². The van der Waals surface area contributed by atoms with Crippen LogP contribution in [0.4, 0.5) is 0 Å². The predicted molar refractivity (Wildman–Crippen MR) is 56.9 cm³/mol. The highest BCUT2D eigenvalue weighted by molar-refractivity contribution is 5.91. The summed E-state index contributed by atoms with van der Waals surface area (Å²) in [5.74, 6) is -1.97. The van der Waals surface area contributed by atoms with Crippen LogP contribution >= 0.6 is 0 Å².